The largest absolute Gasteiger partial charge is 0.480 e. The standard InChI is InChI=1S/C13H14N2O2S2/c1-7(13(16)17)18-11-10-8-4-2-3-5-9(8)19-12(10)15-6-14-11/h6-7H,2-5H2,1H3,(H,16,17)/t7-/m0/s1. The molecule has 0 saturated carbocycles. The number of thioether (sulfide) groups is 1. The van der Waals surface area contributed by atoms with Gasteiger partial charge in [-0.25, -0.2) is 9.97 Å². The van der Waals surface area contributed by atoms with Crippen LogP contribution in [0.2, 0.25) is 0 Å². The lowest BCUT2D eigenvalue weighted by Crippen LogP contribution is -2.11. The quantitative estimate of drug-likeness (QED) is 0.696. The summed E-state index contributed by atoms with van der Waals surface area (Å²) in [5, 5.41) is 10.5. The maximum absolute atomic E-state index is 11.0. The Bertz CT molecular complexity index is 639. The van der Waals surface area contributed by atoms with Gasteiger partial charge in [0, 0.05) is 10.3 Å². The topological polar surface area (TPSA) is 63.1 Å². The number of carbonyl (C=O) groups is 1. The highest BCUT2D eigenvalue weighted by Crippen LogP contribution is 2.39. The summed E-state index contributed by atoms with van der Waals surface area (Å²) in [4.78, 5) is 22.1. The second-order valence-corrected chi connectivity index (χ2v) is 7.08. The minimum atomic E-state index is -0.805. The summed E-state index contributed by atoms with van der Waals surface area (Å²) < 4.78 is 0. The van der Waals surface area contributed by atoms with Crippen molar-refractivity contribution in [2.24, 2.45) is 0 Å². The number of carboxylic acids is 1. The molecule has 1 aliphatic carbocycles. The molecule has 1 N–H and O–H groups in total. The maximum atomic E-state index is 11.0. The van der Waals surface area contributed by atoms with Gasteiger partial charge in [-0.05, 0) is 38.2 Å². The molecule has 6 heteroatoms. The van der Waals surface area contributed by atoms with E-state index in [0.29, 0.717) is 0 Å². The van der Waals surface area contributed by atoms with Gasteiger partial charge in [0.2, 0.25) is 0 Å². The highest BCUT2D eigenvalue weighted by Gasteiger charge is 2.22. The molecule has 0 fully saturated rings. The van der Waals surface area contributed by atoms with Gasteiger partial charge in [-0.15, -0.1) is 11.3 Å². The van der Waals surface area contributed by atoms with Gasteiger partial charge in [-0.2, -0.15) is 0 Å². The molecular weight excluding hydrogens is 280 g/mol. The summed E-state index contributed by atoms with van der Waals surface area (Å²) in [6.07, 6.45) is 6.17. The molecule has 0 bridgehead atoms. The van der Waals surface area contributed by atoms with E-state index < -0.39 is 11.2 Å². The zero-order chi connectivity index (χ0) is 13.4. The van der Waals surface area contributed by atoms with E-state index >= 15 is 0 Å². The molecule has 3 rings (SSSR count). The molecule has 19 heavy (non-hydrogen) atoms. The van der Waals surface area contributed by atoms with Crippen LogP contribution in [-0.4, -0.2) is 26.3 Å². The number of carboxylic acid groups (broad SMARTS) is 1. The zero-order valence-corrected chi connectivity index (χ0v) is 12.2. The zero-order valence-electron chi connectivity index (χ0n) is 10.5. The molecule has 4 nitrogen and oxygen atoms in total. The van der Waals surface area contributed by atoms with E-state index in [1.165, 1.54) is 35.0 Å². The molecule has 0 unspecified atom stereocenters. The molecule has 0 radical (unpaired) electrons. The Hall–Kier alpha value is -1.14. The summed E-state index contributed by atoms with van der Waals surface area (Å²) in [6.45, 7) is 1.69. The molecule has 1 aliphatic rings. The fourth-order valence-electron chi connectivity index (χ4n) is 2.37. The third-order valence-corrected chi connectivity index (χ3v) is 5.64. The molecule has 0 aromatic carbocycles. The van der Waals surface area contributed by atoms with E-state index in [1.54, 1.807) is 24.6 Å². The molecule has 0 amide bonds. The Morgan fingerprint density at radius 3 is 3.00 bits per heavy atom. The van der Waals surface area contributed by atoms with Crippen molar-refractivity contribution in [3.8, 4) is 0 Å². The predicted molar refractivity (Wildman–Crippen MR) is 77.0 cm³/mol. The minimum absolute atomic E-state index is 0.489. The normalized spacial score (nSPS) is 16.3. The molecule has 1 atom stereocenters. The summed E-state index contributed by atoms with van der Waals surface area (Å²) in [6, 6.07) is 0. The molecule has 2 heterocycles. The first kappa shape index (κ1) is 12.9. The van der Waals surface area contributed by atoms with Gasteiger partial charge < -0.3 is 5.11 Å². The van der Waals surface area contributed by atoms with Crippen LogP contribution in [-0.2, 0) is 17.6 Å². The lowest BCUT2D eigenvalue weighted by atomic mass is 9.97. The molecule has 0 spiro atoms. The van der Waals surface area contributed by atoms with E-state index in [-0.39, 0.29) is 0 Å². The average Bonchev–Trinajstić information content (AvgIpc) is 2.77. The van der Waals surface area contributed by atoms with Crippen molar-refractivity contribution in [1.82, 2.24) is 9.97 Å². The Morgan fingerprint density at radius 2 is 2.21 bits per heavy atom. The number of aliphatic carboxylic acids is 1. The van der Waals surface area contributed by atoms with Crippen LogP contribution in [0.3, 0.4) is 0 Å². The fraction of sp³-hybridized carbons (Fsp3) is 0.462. The van der Waals surface area contributed by atoms with Gasteiger partial charge in [0.15, 0.2) is 0 Å². The van der Waals surface area contributed by atoms with Gasteiger partial charge >= 0.3 is 5.97 Å². The van der Waals surface area contributed by atoms with Crippen molar-refractivity contribution >= 4 is 39.3 Å². The van der Waals surface area contributed by atoms with Crippen LogP contribution in [0.25, 0.3) is 10.2 Å². The van der Waals surface area contributed by atoms with Crippen LogP contribution in [0.1, 0.15) is 30.2 Å². The van der Waals surface area contributed by atoms with E-state index in [0.717, 1.165) is 28.1 Å². The van der Waals surface area contributed by atoms with Gasteiger partial charge in [0.25, 0.3) is 0 Å². The van der Waals surface area contributed by atoms with E-state index in [2.05, 4.69) is 9.97 Å². The van der Waals surface area contributed by atoms with Crippen molar-refractivity contribution in [2.75, 3.05) is 0 Å². The lowest BCUT2D eigenvalue weighted by molar-refractivity contribution is -0.136. The Morgan fingerprint density at radius 1 is 1.42 bits per heavy atom. The maximum Gasteiger partial charge on any atom is 0.316 e. The monoisotopic (exact) mass is 294 g/mol. The second-order valence-electron chi connectivity index (χ2n) is 4.67. The summed E-state index contributed by atoms with van der Waals surface area (Å²) in [7, 11) is 0. The van der Waals surface area contributed by atoms with Gasteiger partial charge in [-0.1, -0.05) is 11.8 Å². The van der Waals surface area contributed by atoms with Crippen molar-refractivity contribution in [1.29, 1.82) is 0 Å². The number of hydrogen-bond donors (Lipinski definition) is 1. The van der Waals surface area contributed by atoms with Crippen molar-refractivity contribution in [3.63, 3.8) is 0 Å². The number of aryl methyl sites for hydroxylation is 2. The number of fused-ring (bicyclic) bond motifs is 3. The molecule has 0 aliphatic heterocycles. The summed E-state index contributed by atoms with van der Waals surface area (Å²) in [5.74, 6) is -0.805. The molecule has 0 saturated heterocycles. The Labute approximate surface area is 119 Å². The van der Waals surface area contributed by atoms with E-state index in [1.807, 2.05) is 0 Å². The molecular formula is C13H14N2O2S2. The van der Waals surface area contributed by atoms with Gasteiger partial charge in [-0.3, -0.25) is 4.79 Å². The van der Waals surface area contributed by atoms with Crippen LogP contribution >= 0.6 is 23.1 Å². The second kappa shape index (κ2) is 5.09. The van der Waals surface area contributed by atoms with Crippen LogP contribution in [0.15, 0.2) is 11.4 Å². The van der Waals surface area contributed by atoms with Crippen LogP contribution in [0, 0.1) is 0 Å². The fourth-order valence-corrected chi connectivity index (χ4v) is 4.54. The third-order valence-electron chi connectivity index (χ3n) is 3.35. The minimum Gasteiger partial charge on any atom is -0.480 e. The number of hydrogen-bond acceptors (Lipinski definition) is 5. The smallest absolute Gasteiger partial charge is 0.316 e. The van der Waals surface area contributed by atoms with Crippen molar-refractivity contribution in [3.05, 3.63) is 16.8 Å². The first-order valence-electron chi connectivity index (χ1n) is 6.31. The van der Waals surface area contributed by atoms with E-state index in [4.69, 9.17) is 5.11 Å². The Balaban J connectivity index is 2.09. The van der Waals surface area contributed by atoms with Crippen LogP contribution < -0.4 is 0 Å². The molecule has 100 valence electrons. The number of rotatable bonds is 3. The van der Waals surface area contributed by atoms with Gasteiger partial charge in [0.1, 0.15) is 21.4 Å². The third kappa shape index (κ3) is 2.34. The summed E-state index contributed by atoms with van der Waals surface area (Å²) >= 11 is 3.05. The van der Waals surface area contributed by atoms with E-state index in [9.17, 15) is 4.79 Å². The van der Waals surface area contributed by atoms with Gasteiger partial charge in [0.05, 0.1) is 0 Å². The highest BCUT2D eigenvalue weighted by atomic mass is 32.2. The van der Waals surface area contributed by atoms with Crippen LogP contribution in [0.5, 0.6) is 0 Å². The van der Waals surface area contributed by atoms with Crippen molar-refractivity contribution < 1.29 is 9.90 Å². The van der Waals surface area contributed by atoms with Crippen LogP contribution in [0.4, 0.5) is 0 Å². The number of nitrogens with zero attached hydrogens (tertiary/aromatic N) is 2. The number of aromatic nitrogens is 2. The summed E-state index contributed by atoms with van der Waals surface area (Å²) in [5.41, 5.74) is 1.35. The first-order valence-corrected chi connectivity index (χ1v) is 8.01. The predicted octanol–water partition coefficient (Wildman–Crippen LogP) is 3.14. The Kier molecular flexibility index (Phi) is 3.45. The average molecular weight is 294 g/mol. The first-order chi connectivity index (χ1) is 9.16. The SMILES string of the molecule is C[C@H](Sc1ncnc2sc3c(c12)CCCC3)C(=O)O. The van der Waals surface area contributed by atoms with Crippen molar-refractivity contribution in [2.45, 2.75) is 42.9 Å². The molecule has 2 aromatic heterocycles. The lowest BCUT2D eigenvalue weighted by Gasteiger charge is -2.12. The molecule has 2 aromatic rings. The number of thiophene rings is 1. The highest BCUT2D eigenvalue weighted by molar-refractivity contribution is 8.00.